The number of rotatable bonds is 2. The minimum Gasteiger partial charge on any atom is -0.398 e. The van der Waals surface area contributed by atoms with Crippen molar-refractivity contribution in [2.45, 2.75) is 19.9 Å². The Bertz CT molecular complexity index is 493. The van der Waals surface area contributed by atoms with Gasteiger partial charge in [0, 0.05) is 12.6 Å². The van der Waals surface area contributed by atoms with Crippen LogP contribution in [0.4, 0.5) is 5.69 Å². The van der Waals surface area contributed by atoms with Crippen LogP contribution in [0.3, 0.4) is 0 Å². The Morgan fingerprint density at radius 2 is 1.78 bits per heavy atom. The quantitative estimate of drug-likeness (QED) is 0.467. The molecule has 7 nitrogen and oxygen atoms in total. The van der Waals surface area contributed by atoms with Gasteiger partial charge in [-0.25, -0.2) is 0 Å². The summed E-state index contributed by atoms with van der Waals surface area (Å²) in [5.74, 6) is -0.0456. The van der Waals surface area contributed by atoms with E-state index in [2.05, 4.69) is 5.32 Å². The number of benzene rings is 1. The number of anilines is 1. The Labute approximate surface area is 106 Å². The zero-order chi connectivity index (χ0) is 14.3. The molecule has 1 unspecified atom stereocenters. The van der Waals surface area contributed by atoms with E-state index in [1.807, 2.05) is 31.2 Å². The van der Waals surface area contributed by atoms with Crippen LogP contribution >= 0.6 is 0 Å². The highest BCUT2D eigenvalue weighted by Crippen LogP contribution is 2.18. The highest BCUT2D eigenvalue weighted by molar-refractivity contribution is 7.79. The maximum atomic E-state index is 10.8. The molecule has 18 heavy (non-hydrogen) atoms. The average molecular weight is 276 g/mol. The van der Waals surface area contributed by atoms with Gasteiger partial charge in [0.15, 0.2) is 0 Å². The van der Waals surface area contributed by atoms with E-state index in [-0.39, 0.29) is 11.9 Å². The van der Waals surface area contributed by atoms with Gasteiger partial charge in [0.25, 0.3) is 0 Å². The van der Waals surface area contributed by atoms with E-state index >= 15 is 0 Å². The molecule has 5 N–H and O–H groups in total. The van der Waals surface area contributed by atoms with Crippen molar-refractivity contribution in [3.63, 3.8) is 0 Å². The molecule has 0 aliphatic heterocycles. The van der Waals surface area contributed by atoms with Crippen LogP contribution in [0.5, 0.6) is 0 Å². The van der Waals surface area contributed by atoms with E-state index < -0.39 is 10.4 Å². The molecule has 0 bridgehead atoms. The second-order valence-corrected chi connectivity index (χ2v) is 4.39. The summed E-state index contributed by atoms with van der Waals surface area (Å²) in [7, 11) is -4.67. The lowest BCUT2D eigenvalue weighted by molar-refractivity contribution is -0.119. The summed E-state index contributed by atoms with van der Waals surface area (Å²) < 4.78 is 31.6. The molecule has 1 atom stereocenters. The first-order valence-electron chi connectivity index (χ1n) is 4.92. The largest absolute Gasteiger partial charge is 0.398 e. The van der Waals surface area contributed by atoms with Crippen molar-refractivity contribution in [1.29, 1.82) is 0 Å². The third-order valence-corrected chi connectivity index (χ3v) is 1.88. The van der Waals surface area contributed by atoms with Gasteiger partial charge in [-0.05, 0) is 18.6 Å². The summed E-state index contributed by atoms with van der Waals surface area (Å²) in [6, 6.07) is 7.49. The molecule has 1 aromatic rings. The molecule has 102 valence electrons. The third kappa shape index (κ3) is 8.50. The summed E-state index contributed by atoms with van der Waals surface area (Å²) in [4.78, 5) is 10.8. The van der Waals surface area contributed by atoms with E-state index in [1.165, 1.54) is 6.92 Å². The van der Waals surface area contributed by atoms with Gasteiger partial charge in [-0.15, -0.1) is 0 Å². The Hall–Kier alpha value is -1.64. The number of nitrogen functional groups attached to an aromatic ring is 1. The van der Waals surface area contributed by atoms with Crippen molar-refractivity contribution in [2.24, 2.45) is 0 Å². The van der Waals surface area contributed by atoms with Gasteiger partial charge in [-0.1, -0.05) is 18.2 Å². The first-order valence-corrected chi connectivity index (χ1v) is 6.32. The monoisotopic (exact) mass is 276 g/mol. The minimum atomic E-state index is -4.67. The third-order valence-electron chi connectivity index (χ3n) is 1.88. The first kappa shape index (κ1) is 16.4. The zero-order valence-electron chi connectivity index (χ0n) is 9.99. The molecule has 1 aromatic carbocycles. The Morgan fingerprint density at radius 1 is 1.33 bits per heavy atom. The van der Waals surface area contributed by atoms with Crippen molar-refractivity contribution in [3.05, 3.63) is 29.8 Å². The lowest BCUT2D eigenvalue weighted by atomic mass is 10.1. The average Bonchev–Trinajstić information content (AvgIpc) is 2.14. The van der Waals surface area contributed by atoms with E-state index in [1.54, 1.807) is 0 Å². The van der Waals surface area contributed by atoms with Gasteiger partial charge in [-0.2, -0.15) is 8.42 Å². The normalized spacial score (nSPS) is 12.0. The van der Waals surface area contributed by atoms with E-state index in [4.69, 9.17) is 23.3 Å². The second-order valence-electron chi connectivity index (χ2n) is 3.50. The smallest absolute Gasteiger partial charge is 0.394 e. The SMILES string of the molecule is CC(=O)NC(C)c1ccccc1N.O=S(=O)(O)O. The summed E-state index contributed by atoms with van der Waals surface area (Å²) in [5.41, 5.74) is 7.41. The number of carbonyl (C=O) groups excluding carboxylic acids is 1. The number of carbonyl (C=O) groups is 1. The molecule has 0 spiro atoms. The molecule has 0 aliphatic carbocycles. The van der Waals surface area contributed by atoms with Gasteiger partial charge in [0.1, 0.15) is 0 Å². The molecule has 1 amide bonds. The van der Waals surface area contributed by atoms with Crippen LogP contribution in [0.1, 0.15) is 25.5 Å². The number of nitrogens with one attached hydrogen (secondary N) is 1. The van der Waals surface area contributed by atoms with Crippen LogP contribution in [-0.4, -0.2) is 23.4 Å². The highest BCUT2D eigenvalue weighted by atomic mass is 32.3. The molecule has 0 fully saturated rings. The number of hydrogen-bond donors (Lipinski definition) is 4. The highest BCUT2D eigenvalue weighted by Gasteiger charge is 2.08. The van der Waals surface area contributed by atoms with Crippen molar-refractivity contribution >= 4 is 22.0 Å². The van der Waals surface area contributed by atoms with Crippen LogP contribution < -0.4 is 11.1 Å². The lowest BCUT2D eigenvalue weighted by Gasteiger charge is -2.14. The van der Waals surface area contributed by atoms with Crippen LogP contribution in [0.25, 0.3) is 0 Å². The summed E-state index contributed by atoms with van der Waals surface area (Å²) in [6.45, 7) is 3.41. The number of amides is 1. The number of hydrogen-bond acceptors (Lipinski definition) is 4. The predicted octanol–water partition coefficient (Wildman–Crippen LogP) is 0.813. The number of para-hydroxylation sites is 1. The van der Waals surface area contributed by atoms with E-state index in [0.29, 0.717) is 5.69 Å². The molecule has 0 radical (unpaired) electrons. The van der Waals surface area contributed by atoms with Crippen LogP contribution in [0.15, 0.2) is 24.3 Å². The van der Waals surface area contributed by atoms with Crippen LogP contribution in [-0.2, 0) is 15.2 Å². The Balaban J connectivity index is 0.000000494. The summed E-state index contributed by atoms with van der Waals surface area (Å²) >= 11 is 0. The van der Waals surface area contributed by atoms with Crippen molar-refractivity contribution in [3.8, 4) is 0 Å². The molecule has 0 aliphatic rings. The molecular formula is C10H16N2O5S. The fraction of sp³-hybridized carbons (Fsp3) is 0.300. The Kier molecular flexibility index (Phi) is 6.31. The molecule has 0 saturated heterocycles. The molecule has 8 heteroatoms. The fourth-order valence-electron chi connectivity index (χ4n) is 1.29. The standard InChI is InChI=1S/C10H14N2O.H2O4S/c1-7(12-8(2)13)9-5-3-4-6-10(9)11;1-5(2,3)4/h3-7H,11H2,1-2H3,(H,12,13);(H2,1,2,3,4). The van der Waals surface area contributed by atoms with Gasteiger partial charge in [-0.3, -0.25) is 13.9 Å². The van der Waals surface area contributed by atoms with Crippen LogP contribution in [0, 0.1) is 0 Å². The topological polar surface area (TPSA) is 130 Å². The maximum Gasteiger partial charge on any atom is 0.394 e. The van der Waals surface area contributed by atoms with Crippen molar-refractivity contribution < 1.29 is 22.3 Å². The van der Waals surface area contributed by atoms with E-state index in [0.717, 1.165) is 5.56 Å². The molecule has 0 saturated carbocycles. The van der Waals surface area contributed by atoms with Crippen LogP contribution in [0.2, 0.25) is 0 Å². The molecule has 0 heterocycles. The predicted molar refractivity (Wildman–Crippen MR) is 67.3 cm³/mol. The van der Waals surface area contributed by atoms with Gasteiger partial charge in [0.05, 0.1) is 6.04 Å². The zero-order valence-corrected chi connectivity index (χ0v) is 10.8. The van der Waals surface area contributed by atoms with Crippen molar-refractivity contribution in [2.75, 3.05) is 5.73 Å². The van der Waals surface area contributed by atoms with Gasteiger partial charge < -0.3 is 11.1 Å². The fourth-order valence-corrected chi connectivity index (χ4v) is 1.29. The summed E-state index contributed by atoms with van der Waals surface area (Å²) in [6.07, 6.45) is 0. The van der Waals surface area contributed by atoms with Gasteiger partial charge in [0.2, 0.25) is 5.91 Å². The maximum absolute atomic E-state index is 10.8. The number of nitrogens with two attached hydrogens (primary N) is 1. The minimum absolute atomic E-state index is 0.0290. The van der Waals surface area contributed by atoms with Crippen molar-refractivity contribution in [1.82, 2.24) is 5.32 Å². The lowest BCUT2D eigenvalue weighted by Crippen LogP contribution is -2.24. The summed E-state index contributed by atoms with van der Waals surface area (Å²) in [5, 5.41) is 2.78. The molecular weight excluding hydrogens is 260 g/mol. The van der Waals surface area contributed by atoms with Gasteiger partial charge >= 0.3 is 10.4 Å². The second kappa shape index (κ2) is 6.94. The molecule has 1 rings (SSSR count). The Morgan fingerprint density at radius 3 is 2.17 bits per heavy atom. The first-order chi connectivity index (χ1) is 8.11. The van der Waals surface area contributed by atoms with E-state index in [9.17, 15) is 4.79 Å². The molecule has 0 aromatic heterocycles.